The Kier molecular flexibility index (Phi) is 3.20. The topological polar surface area (TPSA) is 81.1 Å². The van der Waals surface area contributed by atoms with Crippen molar-refractivity contribution in [2.45, 2.75) is 13.2 Å². The zero-order valence-electron chi connectivity index (χ0n) is 9.21. The van der Waals surface area contributed by atoms with Crippen LogP contribution in [0, 0.1) is 0 Å². The van der Waals surface area contributed by atoms with Gasteiger partial charge >= 0.3 is 0 Å². The van der Waals surface area contributed by atoms with Gasteiger partial charge < -0.3 is 10.8 Å². The molecule has 2 rings (SSSR count). The summed E-state index contributed by atoms with van der Waals surface area (Å²) < 4.78 is 1.31. The Morgan fingerprint density at radius 1 is 1.12 bits per heavy atom. The summed E-state index contributed by atoms with van der Waals surface area (Å²) in [5, 5.41) is 12.9. The molecule has 1 heterocycles. The number of benzene rings is 1. The summed E-state index contributed by atoms with van der Waals surface area (Å²) in [5.74, 6) is 0.316. The van der Waals surface area contributed by atoms with Crippen molar-refractivity contribution in [1.29, 1.82) is 0 Å². The molecule has 0 fully saturated rings. The summed E-state index contributed by atoms with van der Waals surface area (Å²) in [4.78, 5) is 11.5. The van der Waals surface area contributed by atoms with Crippen LogP contribution in [0.5, 0.6) is 0 Å². The lowest BCUT2D eigenvalue weighted by atomic mass is 10.1. The molecule has 5 nitrogen and oxygen atoms in total. The molecule has 3 N–H and O–H groups in total. The van der Waals surface area contributed by atoms with Gasteiger partial charge in [-0.2, -0.15) is 5.10 Å². The first kappa shape index (κ1) is 11.3. The number of aromatic nitrogens is 2. The highest BCUT2D eigenvalue weighted by Gasteiger charge is 2.00. The van der Waals surface area contributed by atoms with Crippen LogP contribution in [-0.4, -0.2) is 14.9 Å². The summed E-state index contributed by atoms with van der Waals surface area (Å²) in [7, 11) is 0. The van der Waals surface area contributed by atoms with Crippen LogP contribution in [0.3, 0.4) is 0 Å². The van der Waals surface area contributed by atoms with Gasteiger partial charge in [0, 0.05) is 6.07 Å². The smallest absolute Gasteiger partial charge is 0.267 e. The number of aliphatic hydroxyl groups is 1. The molecule has 2 aromatic rings. The SMILES string of the molecule is Nc1ccc(=O)n(Cc2ccc(CO)cc2)n1. The van der Waals surface area contributed by atoms with Crippen LogP contribution in [0.1, 0.15) is 11.1 Å². The molecular weight excluding hydrogens is 218 g/mol. The lowest BCUT2D eigenvalue weighted by Crippen LogP contribution is -2.23. The van der Waals surface area contributed by atoms with Gasteiger partial charge in [0.25, 0.3) is 5.56 Å². The third-order valence-electron chi connectivity index (χ3n) is 2.43. The second kappa shape index (κ2) is 4.80. The summed E-state index contributed by atoms with van der Waals surface area (Å²) in [6, 6.07) is 10.2. The number of nitrogens with two attached hydrogens (primary N) is 1. The minimum absolute atomic E-state index is 0.0107. The van der Waals surface area contributed by atoms with E-state index in [9.17, 15) is 4.79 Å². The minimum Gasteiger partial charge on any atom is -0.392 e. The third-order valence-corrected chi connectivity index (χ3v) is 2.43. The van der Waals surface area contributed by atoms with Crippen molar-refractivity contribution < 1.29 is 5.11 Å². The zero-order valence-corrected chi connectivity index (χ0v) is 9.21. The second-order valence-corrected chi connectivity index (χ2v) is 3.73. The summed E-state index contributed by atoms with van der Waals surface area (Å²) in [6.45, 7) is 0.381. The Morgan fingerprint density at radius 3 is 2.41 bits per heavy atom. The predicted octanol–water partition coefficient (Wildman–Crippen LogP) is 0.366. The van der Waals surface area contributed by atoms with Gasteiger partial charge in [0.1, 0.15) is 5.82 Å². The average Bonchev–Trinajstić information content (AvgIpc) is 2.35. The highest BCUT2D eigenvalue weighted by Crippen LogP contribution is 2.05. The van der Waals surface area contributed by atoms with Crippen molar-refractivity contribution in [3.63, 3.8) is 0 Å². The second-order valence-electron chi connectivity index (χ2n) is 3.73. The quantitative estimate of drug-likeness (QED) is 0.799. The zero-order chi connectivity index (χ0) is 12.3. The molecule has 0 unspecified atom stereocenters. The highest BCUT2D eigenvalue weighted by molar-refractivity contribution is 5.25. The van der Waals surface area contributed by atoms with Gasteiger partial charge in [-0.3, -0.25) is 4.79 Å². The normalized spacial score (nSPS) is 10.4. The fourth-order valence-corrected chi connectivity index (χ4v) is 1.50. The first-order valence-corrected chi connectivity index (χ1v) is 5.21. The van der Waals surface area contributed by atoms with E-state index in [4.69, 9.17) is 10.8 Å². The fourth-order valence-electron chi connectivity index (χ4n) is 1.50. The molecule has 0 bridgehead atoms. The van der Waals surface area contributed by atoms with Crippen molar-refractivity contribution in [2.24, 2.45) is 0 Å². The molecule has 0 atom stereocenters. The minimum atomic E-state index is -0.189. The van der Waals surface area contributed by atoms with Crippen LogP contribution in [0.2, 0.25) is 0 Å². The lowest BCUT2D eigenvalue weighted by molar-refractivity contribution is 0.282. The van der Waals surface area contributed by atoms with Gasteiger partial charge in [-0.25, -0.2) is 4.68 Å². The third kappa shape index (κ3) is 2.70. The maximum absolute atomic E-state index is 11.5. The lowest BCUT2D eigenvalue weighted by Gasteiger charge is -2.05. The molecule has 0 amide bonds. The highest BCUT2D eigenvalue weighted by atomic mass is 16.3. The maximum atomic E-state index is 11.5. The number of hydrogen-bond donors (Lipinski definition) is 2. The molecule has 0 saturated heterocycles. The Morgan fingerprint density at radius 2 is 1.76 bits per heavy atom. The van der Waals surface area contributed by atoms with Gasteiger partial charge in [0.15, 0.2) is 0 Å². The standard InChI is InChI=1S/C12H13N3O2/c13-11-5-6-12(17)15(14-11)7-9-1-3-10(8-16)4-2-9/h1-6,16H,7-8H2,(H2,13,14). The van der Waals surface area contributed by atoms with E-state index in [1.807, 2.05) is 24.3 Å². The van der Waals surface area contributed by atoms with E-state index in [1.165, 1.54) is 16.8 Å². The molecule has 0 aliphatic heterocycles. The predicted molar refractivity (Wildman–Crippen MR) is 64.4 cm³/mol. The number of aliphatic hydroxyl groups excluding tert-OH is 1. The number of hydrogen-bond acceptors (Lipinski definition) is 4. The Hall–Kier alpha value is -2.14. The molecule has 88 valence electrons. The molecular formula is C12H13N3O2. The van der Waals surface area contributed by atoms with Gasteiger partial charge in [0.05, 0.1) is 13.2 Å². The molecule has 1 aromatic carbocycles. The van der Waals surface area contributed by atoms with Crippen LogP contribution < -0.4 is 11.3 Å². The number of rotatable bonds is 3. The van der Waals surface area contributed by atoms with E-state index in [2.05, 4.69) is 5.10 Å². The van der Waals surface area contributed by atoms with E-state index in [0.717, 1.165) is 11.1 Å². The number of nitrogens with zero attached hydrogens (tertiary/aromatic N) is 2. The summed E-state index contributed by atoms with van der Waals surface area (Å²) in [6.07, 6.45) is 0. The molecule has 0 radical (unpaired) electrons. The van der Waals surface area contributed by atoms with Crippen LogP contribution in [0.15, 0.2) is 41.2 Å². The van der Waals surface area contributed by atoms with E-state index in [0.29, 0.717) is 12.4 Å². The molecule has 0 saturated carbocycles. The van der Waals surface area contributed by atoms with Crippen molar-refractivity contribution >= 4 is 5.82 Å². The van der Waals surface area contributed by atoms with Crippen molar-refractivity contribution in [1.82, 2.24) is 9.78 Å². The van der Waals surface area contributed by atoms with Crippen molar-refractivity contribution in [2.75, 3.05) is 5.73 Å². The molecule has 5 heteroatoms. The maximum Gasteiger partial charge on any atom is 0.267 e. The van der Waals surface area contributed by atoms with Crippen molar-refractivity contribution in [3.8, 4) is 0 Å². The van der Waals surface area contributed by atoms with Gasteiger partial charge in [-0.15, -0.1) is 0 Å². The van der Waals surface area contributed by atoms with Crippen LogP contribution in [-0.2, 0) is 13.2 Å². The molecule has 17 heavy (non-hydrogen) atoms. The summed E-state index contributed by atoms with van der Waals surface area (Å²) >= 11 is 0. The van der Waals surface area contributed by atoms with Gasteiger partial charge in [-0.1, -0.05) is 24.3 Å². The van der Waals surface area contributed by atoms with E-state index in [1.54, 1.807) is 0 Å². The first-order chi connectivity index (χ1) is 8.19. The largest absolute Gasteiger partial charge is 0.392 e. The summed E-state index contributed by atoms with van der Waals surface area (Å²) in [5.41, 5.74) is 7.10. The van der Waals surface area contributed by atoms with E-state index in [-0.39, 0.29) is 12.2 Å². The van der Waals surface area contributed by atoms with Crippen LogP contribution >= 0.6 is 0 Å². The molecule has 0 aliphatic rings. The van der Waals surface area contributed by atoms with Crippen LogP contribution in [0.25, 0.3) is 0 Å². The van der Waals surface area contributed by atoms with Gasteiger partial charge in [0.2, 0.25) is 0 Å². The Balaban J connectivity index is 2.25. The molecule has 1 aromatic heterocycles. The van der Waals surface area contributed by atoms with Crippen LogP contribution in [0.4, 0.5) is 5.82 Å². The number of anilines is 1. The monoisotopic (exact) mass is 231 g/mol. The Bertz CT molecular complexity index is 561. The molecule has 0 spiro atoms. The van der Waals surface area contributed by atoms with E-state index < -0.39 is 0 Å². The van der Waals surface area contributed by atoms with Crippen molar-refractivity contribution in [3.05, 3.63) is 57.9 Å². The van der Waals surface area contributed by atoms with E-state index >= 15 is 0 Å². The first-order valence-electron chi connectivity index (χ1n) is 5.21. The number of nitrogen functional groups attached to an aromatic ring is 1. The molecule has 0 aliphatic carbocycles. The Labute approximate surface area is 98.1 Å². The fraction of sp³-hybridized carbons (Fsp3) is 0.167. The van der Waals surface area contributed by atoms with Gasteiger partial charge in [-0.05, 0) is 17.2 Å². The average molecular weight is 231 g/mol.